The molecule has 0 saturated carbocycles. The van der Waals surface area contributed by atoms with Crippen LogP contribution < -0.4 is 5.46 Å². The van der Waals surface area contributed by atoms with Crippen molar-refractivity contribution in [2.45, 2.75) is 45.8 Å². The van der Waals surface area contributed by atoms with Gasteiger partial charge in [0, 0.05) is 11.2 Å². The van der Waals surface area contributed by atoms with Gasteiger partial charge < -0.3 is 9.31 Å². The molecule has 0 aliphatic carbocycles. The Morgan fingerprint density at radius 1 is 1.12 bits per heavy atom. The maximum Gasteiger partial charge on any atom is 0.497 e. The lowest BCUT2D eigenvalue weighted by Gasteiger charge is -2.32. The molecule has 0 bridgehead atoms. The third-order valence-electron chi connectivity index (χ3n) is 3.52. The molecule has 0 aromatic carbocycles. The molecule has 1 aromatic rings. The van der Waals surface area contributed by atoms with Gasteiger partial charge in [-0.2, -0.15) is 0 Å². The fourth-order valence-electron chi connectivity index (χ4n) is 1.68. The normalized spacial score (nSPS) is 21.9. The Labute approximate surface area is 111 Å². The number of hydrogen-bond donors (Lipinski definition) is 0. The molecule has 2 heterocycles. The topological polar surface area (TPSA) is 31.4 Å². The van der Waals surface area contributed by atoms with Gasteiger partial charge in [-0.3, -0.25) is 0 Å². The van der Waals surface area contributed by atoms with E-state index in [9.17, 15) is 0 Å². The van der Waals surface area contributed by atoms with Gasteiger partial charge in [0.05, 0.1) is 11.2 Å². The first-order chi connectivity index (χ1) is 7.73. The van der Waals surface area contributed by atoms with E-state index in [0.717, 1.165) is 15.8 Å². The predicted octanol–water partition coefficient (Wildman–Crippen LogP) is 2.45. The summed E-state index contributed by atoms with van der Waals surface area (Å²) < 4.78 is 12.7. The largest absolute Gasteiger partial charge is 0.497 e. The van der Waals surface area contributed by atoms with Gasteiger partial charge in [-0.05, 0) is 56.6 Å². The second-order valence-electron chi connectivity index (χ2n) is 5.42. The number of halogens is 1. The lowest BCUT2D eigenvalue weighted by atomic mass is 9.80. The van der Waals surface area contributed by atoms with Gasteiger partial charge >= 0.3 is 7.12 Å². The lowest BCUT2D eigenvalue weighted by Crippen LogP contribution is -2.41. The molecular weight excluding hydrogens is 281 g/mol. The summed E-state index contributed by atoms with van der Waals surface area (Å²) >= 11 is 3.46. The van der Waals surface area contributed by atoms with Gasteiger partial charge in [-0.15, -0.1) is 0 Å². The van der Waals surface area contributed by atoms with Crippen LogP contribution in [-0.2, 0) is 9.31 Å². The zero-order valence-corrected chi connectivity index (χ0v) is 12.5. The Kier molecular flexibility index (Phi) is 3.13. The van der Waals surface area contributed by atoms with Crippen LogP contribution in [0.25, 0.3) is 0 Å². The van der Waals surface area contributed by atoms with E-state index < -0.39 is 0 Å². The van der Waals surface area contributed by atoms with E-state index in [-0.39, 0.29) is 18.3 Å². The highest BCUT2D eigenvalue weighted by molar-refractivity contribution is 9.10. The summed E-state index contributed by atoms with van der Waals surface area (Å²) in [6.45, 7) is 10.1. The molecule has 1 saturated heterocycles. The standard InChI is InChI=1S/C12H17BBrNO2/c1-8-6-7-9(10(14)15-8)13-16-11(2,3)12(4,5)17-13/h6-7H,1-5H3. The molecule has 17 heavy (non-hydrogen) atoms. The minimum Gasteiger partial charge on any atom is -0.399 e. The highest BCUT2D eigenvalue weighted by atomic mass is 79.9. The molecular formula is C12H17BBrNO2. The molecule has 0 radical (unpaired) electrons. The Morgan fingerprint density at radius 2 is 1.65 bits per heavy atom. The maximum absolute atomic E-state index is 5.98. The van der Waals surface area contributed by atoms with Crippen molar-refractivity contribution < 1.29 is 9.31 Å². The average Bonchev–Trinajstić information content (AvgIpc) is 2.35. The van der Waals surface area contributed by atoms with E-state index >= 15 is 0 Å². The van der Waals surface area contributed by atoms with Crippen molar-refractivity contribution in [3.05, 3.63) is 22.4 Å². The van der Waals surface area contributed by atoms with E-state index in [1.54, 1.807) is 0 Å². The molecule has 0 N–H and O–H groups in total. The molecule has 1 aliphatic heterocycles. The van der Waals surface area contributed by atoms with Crippen molar-refractivity contribution >= 4 is 28.5 Å². The summed E-state index contributed by atoms with van der Waals surface area (Å²) in [5.41, 5.74) is 1.27. The van der Waals surface area contributed by atoms with Crippen LogP contribution in [-0.4, -0.2) is 23.3 Å². The summed E-state index contributed by atoms with van der Waals surface area (Å²) in [4.78, 5) is 4.37. The van der Waals surface area contributed by atoms with E-state index in [2.05, 4.69) is 20.9 Å². The number of nitrogens with zero attached hydrogens (tertiary/aromatic N) is 1. The minimum absolute atomic E-state index is 0.317. The van der Waals surface area contributed by atoms with Crippen LogP contribution in [0.3, 0.4) is 0 Å². The van der Waals surface area contributed by atoms with Gasteiger partial charge in [0.15, 0.2) is 0 Å². The van der Waals surface area contributed by atoms with Crippen molar-refractivity contribution in [3.63, 3.8) is 0 Å². The highest BCUT2D eigenvalue weighted by Gasteiger charge is 2.52. The van der Waals surface area contributed by atoms with Gasteiger partial charge in [0.1, 0.15) is 4.60 Å². The first-order valence-corrected chi connectivity index (χ1v) is 6.51. The van der Waals surface area contributed by atoms with Gasteiger partial charge in [-0.1, -0.05) is 6.07 Å². The van der Waals surface area contributed by atoms with Crippen LogP contribution in [0.1, 0.15) is 33.4 Å². The predicted molar refractivity (Wildman–Crippen MR) is 72.4 cm³/mol. The minimum atomic E-state index is -0.359. The second kappa shape index (κ2) is 4.07. The van der Waals surface area contributed by atoms with Crippen LogP contribution in [0, 0.1) is 6.92 Å². The van der Waals surface area contributed by atoms with E-state index in [4.69, 9.17) is 9.31 Å². The van der Waals surface area contributed by atoms with E-state index in [1.807, 2.05) is 46.8 Å². The molecule has 0 spiro atoms. The number of hydrogen-bond acceptors (Lipinski definition) is 3. The average molecular weight is 298 g/mol. The first-order valence-electron chi connectivity index (χ1n) is 5.72. The molecule has 3 nitrogen and oxygen atoms in total. The molecule has 1 aliphatic rings. The van der Waals surface area contributed by atoms with Gasteiger partial charge in [0.25, 0.3) is 0 Å². The van der Waals surface area contributed by atoms with Crippen LogP contribution in [0.4, 0.5) is 0 Å². The molecule has 0 amide bonds. The molecule has 0 atom stereocenters. The quantitative estimate of drug-likeness (QED) is 0.589. The molecule has 2 rings (SSSR count). The van der Waals surface area contributed by atoms with Crippen molar-refractivity contribution in [2.24, 2.45) is 0 Å². The zero-order chi connectivity index (χ0) is 12.8. The number of aromatic nitrogens is 1. The highest BCUT2D eigenvalue weighted by Crippen LogP contribution is 2.36. The second-order valence-corrected chi connectivity index (χ2v) is 6.17. The van der Waals surface area contributed by atoms with Crippen molar-refractivity contribution in [2.75, 3.05) is 0 Å². The van der Waals surface area contributed by atoms with Crippen molar-refractivity contribution in [3.8, 4) is 0 Å². The smallest absolute Gasteiger partial charge is 0.399 e. The summed E-state index contributed by atoms with van der Waals surface area (Å²) in [6.07, 6.45) is 0. The van der Waals surface area contributed by atoms with Crippen molar-refractivity contribution in [1.82, 2.24) is 4.98 Å². The Balaban J connectivity index is 2.32. The fourth-order valence-corrected chi connectivity index (χ4v) is 2.28. The van der Waals surface area contributed by atoms with E-state index in [0.29, 0.717) is 0 Å². The van der Waals surface area contributed by atoms with Crippen LogP contribution in [0.15, 0.2) is 16.7 Å². The Hall–Kier alpha value is -0.385. The van der Waals surface area contributed by atoms with Crippen molar-refractivity contribution in [1.29, 1.82) is 0 Å². The molecule has 0 unspecified atom stereocenters. The van der Waals surface area contributed by atoms with Crippen LogP contribution >= 0.6 is 15.9 Å². The number of rotatable bonds is 1. The number of aryl methyl sites for hydroxylation is 1. The zero-order valence-electron chi connectivity index (χ0n) is 10.9. The summed E-state index contributed by atoms with van der Waals surface area (Å²) in [6, 6.07) is 3.96. The Bertz CT molecular complexity index is 432. The maximum atomic E-state index is 5.98. The van der Waals surface area contributed by atoms with E-state index in [1.165, 1.54) is 0 Å². The fraction of sp³-hybridized carbons (Fsp3) is 0.583. The van der Waals surface area contributed by atoms with Gasteiger partial charge in [-0.25, -0.2) is 4.98 Å². The molecule has 1 fully saturated rings. The summed E-state index contributed by atoms with van der Waals surface area (Å²) in [7, 11) is -0.359. The lowest BCUT2D eigenvalue weighted by molar-refractivity contribution is 0.00578. The molecule has 1 aromatic heterocycles. The molecule has 92 valence electrons. The SMILES string of the molecule is Cc1ccc(B2OC(C)(C)C(C)(C)O2)c(Br)n1. The third kappa shape index (κ3) is 2.28. The summed E-state index contributed by atoms with van der Waals surface area (Å²) in [5, 5.41) is 0. The Morgan fingerprint density at radius 3 is 2.12 bits per heavy atom. The summed E-state index contributed by atoms with van der Waals surface area (Å²) in [5.74, 6) is 0. The number of pyridine rings is 1. The first kappa shape index (κ1) is 13.1. The molecule has 5 heteroatoms. The van der Waals surface area contributed by atoms with Gasteiger partial charge in [0.2, 0.25) is 0 Å². The van der Waals surface area contributed by atoms with Crippen LogP contribution in [0.2, 0.25) is 0 Å². The van der Waals surface area contributed by atoms with Crippen LogP contribution in [0.5, 0.6) is 0 Å². The third-order valence-corrected chi connectivity index (χ3v) is 4.16. The monoisotopic (exact) mass is 297 g/mol.